The van der Waals surface area contributed by atoms with Crippen molar-refractivity contribution in [3.05, 3.63) is 47.0 Å². The molecule has 2 aliphatic heterocycles. The summed E-state index contributed by atoms with van der Waals surface area (Å²) in [7, 11) is -3.45. The molecule has 5 heteroatoms. The van der Waals surface area contributed by atoms with E-state index in [-0.39, 0.29) is 6.61 Å². The maximum atomic E-state index is 12.2. The summed E-state index contributed by atoms with van der Waals surface area (Å²) in [6, 6.07) is 10.0. The van der Waals surface area contributed by atoms with Crippen molar-refractivity contribution in [1.82, 2.24) is 0 Å². The van der Waals surface area contributed by atoms with Crippen LogP contribution in [0.4, 0.5) is 0 Å². The van der Waals surface area contributed by atoms with Crippen LogP contribution in [0.2, 0.25) is 0 Å². The number of hydrogen-bond donors (Lipinski definition) is 0. The number of phosphoric acid groups is 1. The fraction of sp³-hybridized carbons (Fsp3) is 0.200. The van der Waals surface area contributed by atoms with Gasteiger partial charge in [0.1, 0.15) is 11.5 Å². The molecule has 0 radical (unpaired) electrons. The summed E-state index contributed by atoms with van der Waals surface area (Å²) >= 11 is 0. The Labute approximate surface area is 116 Å². The summed E-state index contributed by atoms with van der Waals surface area (Å²) in [5.41, 5.74) is 4.96. The van der Waals surface area contributed by atoms with Crippen molar-refractivity contribution in [1.29, 1.82) is 0 Å². The second-order valence-electron chi connectivity index (χ2n) is 5.03. The largest absolute Gasteiger partial charge is 0.587 e. The molecule has 0 aliphatic carbocycles. The molecule has 1 unspecified atom stereocenters. The van der Waals surface area contributed by atoms with Crippen LogP contribution >= 0.6 is 7.82 Å². The zero-order valence-corrected chi connectivity index (χ0v) is 12.1. The lowest BCUT2D eigenvalue weighted by molar-refractivity contribution is 0.172. The summed E-state index contributed by atoms with van der Waals surface area (Å²) in [5.74, 6) is 1.28. The van der Waals surface area contributed by atoms with E-state index in [9.17, 15) is 4.57 Å². The first-order valence-electron chi connectivity index (χ1n) is 6.44. The molecule has 0 aromatic heterocycles. The van der Waals surface area contributed by atoms with Crippen molar-refractivity contribution in [2.24, 2.45) is 0 Å². The predicted octanol–water partition coefficient (Wildman–Crippen LogP) is 4.38. The minimum atomic E-state index is -3.45. The lowest BCUT2D eigenvalue weighted by atomic mass is 9.91. The van der Waals surface area contributed by atoms with Crippen LogP contribution in [-0.2, 0) is 15.7 Å². The topological polar surface area (TPSA) is 44.8 Å². The highest BCUT2D eigenvalue weighted by atomic mass is 31.2. The maximum Gasteiger partial charge on any atom is 0.587 e. The predicted molar refractivity (Wildman–Crippen MR) is 75.0 cm³/mol. The molecule has 4 nitrogen and oxygen atoms in total. The van der Waals surface area contributed by atoms with Gasteiger partial charge in [0, 0.05) is 16.7 Å². The lowest BCUT2D eigenvalue weighted by Gasteiger charge is -2.35. The Hall–Kier alpha value is -1.77. The number of phosphoric ester groups is 1. The Morgan fingerprint density at radius 1 is 1.00 bits per heavy atom. The van der Waals surface area contributed by atoms with E-state index in [0.717, 1.165) is 27.8 Å². The molecule has 102 valence electrons. The monoisotopic (exact) mass is 288 g/mol. The summed E-state index contributed by atoms with van der Waals surface area (Å²) in [6.07, 6.45) is 0. The Bertz CT molecular complexity index is 767. The van der Waals surface area contributed by atoms with Gasteiger partial charge in [-0.05, 0) is 25.0 Å². The minimum absolute atomic E-state index is 0.249. The Morgan fingerprint density at radius 3 is 2.45 bits per heavy atom. The van der Waals surface area contributed by atoms with Crippen LogP contribution in [0.5, 0.6) is 11.5 Å². The zero-order valence-electron chi connectivity index (χ0n) is 11.2. The van der Waals surface area contributed by atoms with E-state index >= 15 is 0 Å². The smallest absolute Gasteiger partial charge is 0.394 e. The lowest BCUT2D eigenvalue weighted by Crippen LogP contribution is -2.20. The SMILES string of the molecule is Cc1c2c(C)c(-c3ccccc3)c3c1OP(=O)(OC3)O2. The van der Waals surface area contributed by atoms with Crippen molar-refractivity contribution >= 4 is 7.82 Å². The van der Waals surface area contributed by atoms with Gasteiger partial charge >= 0.3 is 7.82 Å². The van der Waals surface area contributed by atoms with Crippen LogP contribution < -0.4 is 9.05 Å². The summed E-state index contributed by atoms with van der Waals surface area (Å²) < 4.78 is 28.5. The van der Waals surface area contributed by atoms with Gasteiger partial charge in [-0.25, -0.2) is 4.57 Å². The highest BCUT2D eigenvalue weighted by Gasteiger charge is 2.44. The van der Waals surface area contributed by atoms with Gasteiger partial charge in [-0.2, -0.15) is 0 Å². The first kappa shape index (κ1) is 12.0. The van der Waals surface area contributed by atoms with Crippen molar-refractivity contribution in [2.45, 2.75) is 20.5 Å². The fourth-order valence-electron chi connectivity index (χ4n) is 2.90. The second kappa shape index (κ2) is 3.87. The molecule has 3 bridgehead atoms. The molecule has 4 rings (SSSR count). The average molecular weight is 288 g/mol. The normalized spacial score (nSPS) is 22.3. The number of hydrogen-bond acceptors (Lipinski definition) is 4. The quantitative estimate of drug-likeness (QED) is 0.730. The van der Waals surface area contributed by atoms with Crippen LogP contribution in [0.1, 0.15) is 16.7 Å². The molecular formula is C15H13O4P. The summed E-state index contributed by atoms with van der Waals surface area (Å²) in [6.45, 7) is 4.16. The third kappa shape index (κ3) is 1.49. The van der Waals surface area contributed by atoms with Crippen LogP contribution in [-0.4, -0.2) is 0 Å². The van der Waals surface area contributed by atoms with Crippen LogP contribution in [0.15, 0.2) is 30.3 Å². The molecule has 20 heavy (non-hydrogen) atoms. The first-order valence-corrected chi connectivity index (χ1v) is 7.90. The first-order chi connectivity index (χ1) is 9.59. The van der Waals surface area contributed by atoms with E-state index in [0.29, 0.717) is 11.5 Å². The maximum absolute atomic E-state index is 12.2. The number of benzene rings is 2. The highest BCUT2D eigenvalue weighted by molar-refractivity contribution is 7.49. The Kier molecular flexibility index (Phi) is 2.33. The second-order valence-corrected chi connectivity index (χ2v) is 6.55. The Balaban J connectivity index is 2.08. The van der Waals surface area contributed by atoms with Crippen molar-refractivity contribution in [3.8, 4) is 22.6 Å². The molecule has 0 saturated heterocycles. The fourth-order valence-corrected chi connectivity index (χ4v) is 4.29. The number of fused-ring (bicyclic) bond motifs is 2. The molecule has 0 amide bonds. The van der Waals surface area contributed by atoms with Crippen LogP contribution in [0.25, 0.3) is 11.1 Å². The molecule has 0 fully saturated rings. The minimum Gasteiger partial charge on any atom is -0.394 e. The van der Waals surface area contributed by atoms with E-state index in [1.165, 1.54) is 0 Å². The van der Waals surface area contributed by atoms with Gasteiger partial charge < -0.3 is 9.05 Å². The van der Waals surface area contributed by atoms with Gasteiger partial charge in [-0.3, -0.25) is 4.52 Å². The molecule has 0 saturated carbocycles. The summed E-state index contributed by atoms with van der Waals surface area (Å²) in [4.78, 5) is 0. The van der Waals surface area contributed by atoms with Gasteiger partial charge in [0.25, 0.3) is 0 Å². The van der Waals surface area contributed by atoms with E-state index in [2.05, 4.69) is 0 Å². The average Bonchev–Trinajstić information content (AvgIpc) is 2.45. The molecule has 0 spiro atoms. The van der Waals surface area contributed by atoms with Crippen molar-refractivity contribution < 1.29 is 18.1 Å². The van der Waals surface area contributed by atoms with Gasteiger partial charge in [-0.15, -0.1) is 0 Å². The van der Waals surface area contributed by atoms with Gasteiger partial charge in [0.05, 0.1) is 6.61 Å². The third-order valence-corrected chi connectivity index (χ3v) is 5.07. The molecule has 2 aromatic rings. The molecule has 2 aliphatic rings. The van der Waals surface area contributed by atoms with E-state index < -0.39 is 7.82 Å². The zero-order chi connectivity index (χ0) is 13.9. The number of rotatable bonds is 1. The van der Waals surface area contributed by atoms with Gasteiger partial charge in [0.15, 0.2) is 0 Å². The molecular weight excluding hydrogens is 275 g/mol. The van der Waals surface area contributed by atoms with Crippen molar-refractivity contribution in [2.75, 3.05) is 0 Å². The van der Waals surface area contributed by atoms with Gasteiger partial charge in [-0.1, -0.05) is 30.3 Å². The molecule has 1 atom stereocenters. The van der Waals surface area contributed by atoms with Crippen molar-refractivity contribution in [3.63, 3.8) is 0 Å². The molecule has 2 heterocycles. The molecule has 0 N–H and O–H groups in total. The van der Waals surface area contributed by atoms with Crippen LogP contribution in [0.3, 0.4) is 0 Å². The molecule has 2 aromatic carbocycles. The summed E-state index contributed by atoms with van der Waals surface area (Å²) in [5, 5.41) is 0. The van der Waals surface area contributed by atoms with Gasteiger partial charge in [0.2, 0.25) is 0 Å². The van der Waals surface area contributed by atoms with E-state index in [1.54, 1.807) is 0 Å². The Morgan fingerprint density at radius 2 is 1.70 bits per heavy atom. The van der Waals surface area contributed by atoms with E-state index in [4.69, 9.17) is 13.6 Å². The third-order valence-electron chi connectivity index (χ3n) is 3.81. The van der Waals surface area contributed by atoms with E-state index in [1.807, 2.05) is 44.2 Å². The van der Waals surface area contributed by atoms with Crippen LogP contribution in [0, 0.1) is 13.8 Å². The standard InChI is InChI=1S/C15H13O4P/c1-9-13(11-6-4-3-5-7-11)12-8-17-20(16)18-14(9)10(2)15(12)19-20/h3-7H,8H2,1-2H3. The highest BCUT2D eigenvalue weighted by Crippen LogP contribution is 2.63.